The van der Waals surface area contributed by atoms with Gasteiger partial charge >= 0.3 is 0 Å². The molecule has 1 aromatic carbocycles. The van der Waals surface area contributed by atoms with Crippen molar-refractivity contribution in [1.82, 2.24) is 5.32 Å². The van der Waals surface area contributed by atoms with Crippen LogP contribution >= 0.6 is 0 Å². The predicted molar refractivity (Wildman–Crippen MR) is 57.5 cm³/mol. The van der Waals surface area contributed by atoms with Crippen molar-refractivity contribution in [3.8, 4) is 5.75 Å². The van der Waals surface area contributed by atoms with E-state index in [-0.39, 0.29) is 11.4 Å². The summed E-state index contributed by atoms with van der Waals surface area (Å²) < 4.78 is 18.8. The number of piperidine rings is 1. The molecular formula is C12H16FNO. The third-order valence-electron chi connectivity index (χ3n) is 2.82. The molecule has 0 saturated carbocycles. The minimum absolute atomic E-state index is 0.154. The van der Waals surface area contributed by atoms with Crippen molar-refractivity contribution in [2.45, 2.75) is 25.4 Å². The number of nitrogens with one attached hydrogen (secondary N) is 1. The molecule has 0 radical (unpaired) electrons. The first-order chi connectivity index (χ1) is 7.18. The molecule has 0 amide bonds. The van der Waals surface area contributed by atoms with Gasteiger partial charge in [0.1, 0.15) is 17.2 Å². The van der Waals surface area contributed by atoms with Gasteiger partial charge in [0.05, 0.1) is 0 Å². The van der Waals surface area contributed by atoms with Gasteiger partial charge in [-0.15, -0.1) is 0 Å². The molecule has 2 nitrogen and oxygen atoms in total. The zero-order valence-corrected chi connectivity index (χ0v) is 8.92. The average Bonchev–Trinajstić information content (AvgIpc) is 2.18. The number of halogens is 1. The molecule has 0 aliphatic carbocycles. The molecule has 0 atom stereocenters. The average molecular weight is 209 g/mol. The van der Waals surface area contributed by atoms with Gasteiger partial charge in [-0.2, -0.15) is 0 Å². The van der Waals surface area contributed by atoms with Gasteiger partial charge in [-0.25, -0.2) is 4.39 Å². The summed E-state index contributed by atoms with van der Waals surface area (Å²) in [6.07, 6.45) is 1.92. The van der Waals surface area contributed by atoms with Gasteiger partial charge in [0.2, 0.25) is 0 Å². The molecule has 0 unspecified atom stereocenters. The smallest absolute Gasteiger partial charge is 0.126 e. The normalized spacial score (nSPS) is 19.9. The second-order valence-corrected chi connectivity index (χ2v) is 4.26. The molecule has 1 aromatic rings. The van der Waals surface area contributed by atoms with E-state index in [1.165, 1.54) is 12.1 Å². The van der Waals surface area contributed by atoms with Gasteiger partial charge in [0, 0.05) is 6.07 Å². The molecule has 1 aliphatic rings. The Morgan fingerprint density at radius 3 is 2.73 bits per heavy atom. The Labute approximate surface area is 89.4 Å². The van der Waals surface area contributed by atoms with Crippen molar-refractivity contribution in [2.75, 3.05) is 13.1 Å². The molecule has 0 aromatic heterocycles. The Kier molecular flexibility index (Phi) is 2.91. The lowest BCUT2D eigenvalue weighted by atomic mass is 9.94. The van der Waals surface area contributed by atoms with E-state index in [9.17, 15) is 4.39 Å². The fraction of sp³-hybridized carbons (Fsp3) is 0.500. The van der Waals surface area contributed by atoms with Crippen LogP contribution in [0.1, 0.15) is 19.8 Å². The fourth-order valence-corrected chi connectivity index (χ4v) is 1.87. The summed E-state index contributed by atoms with van der Waals surface area (Å²) in [5.74, 6) is 0.379. The van der Waals surface area contributed by atoms with Crippen LogP contribution in [-0.2, 0) is 0 Å². The molecule has 0 bridgehead atoms. The van der Waals surface area contributed by atoms with Crippen molar-refractivity contribution in [2.24, 2.45) is 0 Å². The Hall–Kier alpha value is -1.09. The first kappa shape index (κ1) is 10.4. The molecule has 15 heavy (non-hydrogen) atoms. The van der Waals surface area contributed by atoms with E-state index in [1.54, 1.807) is 12.1 Å². The first-order valence-corrected chi connectivity index (χ1v) is 5.33. The molecule has 0 spiro atoms. The number of benzene rings is 1. The summed E-state index contributed by atoms with van der Waals surface area (Å²) in [6, 6.07) is 6.34. The molecule has 1 heterocycles. The van der Waals surface area contributed by atoms with E-state index < -0.39 is 0 Å². The standard InChI is InChI=1S/C12H16FNO/c1-12(5-7-14-8-6-12)15-11-4-2-3-10(13)9-11/h2-4,9,14H,5-8H2,1H3. The third-order valence-corrected chi connectivity index (χ3v) is 2.82. The maximum atomic E-state index is 13.0. The van der Waals surface area contributed by atoms with Gasteiger partial charge in [0.15, 0.2) is 0 Å². The summed E-state index contributed by atoms with van der Waals surface area (Å²) >= 11 is 0. The highest BCUT2D eigenvalue weighted by molar-refractivity contribution is 5.23. The van der Waals surface area contributed by atoms with Gasteiger partial charge in [-0.3, -0.25) is 0 Å². The first-order valence-electron chi connectivity index (χ1n) is 5.33. The summed E-state index contributed by atoms with van der Waals surface area (Å²) in [4.78, 5) is 0. The van der Waals surface area contributed by atoms with E-state index in [1.807, 2.05) is 0 Å². The van der Waals surface area contributed by atoms with Crippen LogP contribution in [0.15, 0.2) is 24.3 Å². The Bertz CT molecular complexity index is 334. The molecule has 1 aliphatic heterocycles. The van der Waals surface area contributed by atoms with Crippen molar-refractivity contribution >= 4 is 0 Å². The molecule has 3 heteroatoms. The highest BCUT2D eigenvalue weighted by Crippen LogP contribution is 2.26. The van der Waals surface area contributed by atoms with Crippen LogP contribution < -0.4 is 10.1 Å². The van der Waals surface area contributed by atoms with Gasteiger partial charge < -0.3 is 10.1 Å². The summed E-state index contributed by atoms with van der Waals surface area (Å²) in [5.41, 5.74) is -0.154. The van der Waals surface area contributed by atoms with Crippen LogP contribution in [-0.4, -0.2) is 18.7 Å². The van der Waals surface area contributed by atoms with Gasteiger partial charge in [-0.1, -0.05) is 6.07 Å². The molecule has 1 saturated heterocycles. The van der Waals surface area contributed by atoms with Crippen LogP contribution in [0.4, 0.5) is 4.39 Å². The Balaban J connectivity index is 2.06. The summed E-state index contributed by atoms with van der Waals surface area (Å²) in [7, 11) is 0. The molecule has 82 valence electrons. The minimum Gasteiger partial charge on any atom is -0.487 e. The molecule has 1 N–H and O–H groups in total. The highest BCUT2D eigenvalue weighted by Gasteiger charge is 2.28. The number of rotatable bonds is 2. The van der Waals surface area contributed by atoms with Gasteiger partial charge in [0.25, 0.3) is 0 Å². The predicted octanol–water partition coefficient (Wildman–Crippen LogP) is 2.35. The lowest BCUT2D eigenvalue weighted by Crippen LogP contribution is -2.43. The van der Waals surface area contributed by atoms with Gasteiger partial charge in [-0.05, 0) is 45.0 Å². The van der Waals surface area contributed by atoms with E-state index in [4.69, 9.17) is 4.74 Å². The van der Waals surface area contributed by atoms with Crippen LogP contribution in [0, 0.1) is 5.82 Å². The van der Waals surface area contributed by atoms with Crippen molar-refractivity contribution in [3.63, 3.8) is 0 Å². The largest absolute Gasteiger partial charge is 0.487 e. The number of ether oxygens (including phenoxy) is 1. The van der Waals surface area contributed by atoms with E-state index in [0.29, 0.717) is 5.75 Å². The van der Waals surface area contributed by atoms with E-state index in [0.717, 1.165) is 25.9 Å². The topological polar surface area (TPSA) is 21.3 Å². The summed E-state index contributed by atoms with van der Waals surface area (Å²) in [5, 5.41) is 3.28. The number of hydrogen-bond acceptors (Lipinski definition) is 2. The van der Waals surface area contributed by atoms with Crippen molar-refractivity contribution < 1.29 is 9.13 Å². The fourth-order valence-electron chi connectivity index (χ4n) is 1.87. The summed E-state index contributed by atoms with van der Waals surface area (Å²) in [6.45, 7) is 4.01. The second kappa shape index (κ2) is 4.19. The minimum atomic E-state index is -0.245. The van der Waals surface area contributed by atoms with Crippen LogP contribution in [0.3, 0.4) is 0 Å². The van der Waals surface area contributed by atoms with Crippen LogP contribution in [0.25, 0.3) is 0 Å². The van der Waals surface area contributed by atoms with E-state index in [2.05, 4.69) is 12.2 Å². The quantitative estimate of drug-likeness (QED) is 0.807. The Morgan fingerprint density at radius 2 is 2.07 bits per heavy atom. The second-order valence-electron chi connectivity index (χ2n) is 4.26. The molecule has 1 fully saturated rings. The monoisotopic (exact) mass is 209 g/mol. The maximum absolute atomic E-state index is 13.0. The zero-order valence-electron chi connectivity index (χ0n) is 8.92. The molecule has 2 rings (SSSR count). The lowest BCUT2D eigenvalue weighted by Gasteiger charge is -2.34. The van der Waals surface area contributed by atoms with Crippen LogP contribution in [0.5, 0.6) is 5.75 Å². The third kappa shape index (κ3) is 2.69. The van der Waals surface area contributed by atoms with Crippen molar-refractivity contribution in [3.05, 3.63) is 30.1 Å². The lowest BCUT2D eigenvalue weighted by molar-refractivity contribution is 0.0553. The van der Waals surface area contributed by atoms with Crippen LogP contribution in [0.2, 0.25) is 0 Å². The van der Waals surface area contributed by atoms with E-state index >= 15 is 0 Å². The molecular weight excluding hydrogens is 193 g/mol. The highest BCUT2D eigenvalue weighted by atomic mass is 19.1. The zero-order chi connectivity index (χ0) is 10.7. The SMILES string of the molecule is CC1(Oc2cccc(F)c2)CCNCC1. The maximum Gasteiger partial charge on any atom is 0.126 e. The number of hydrogen-bond donors (Lipinski definition) is 1. The Morgan fingerprint density at radius 1 is 1.33 bits per heavy atom. The van der Waals surface area contributed by atoms with Crippen molar-refractivity contribution in [1.29, 1.82) is 0 Å².